The highest BCUT2D eigenvalue weighted by atomic mass is 32.1. The molecule has 5 heteroatoms. The molecule has 84 valence electrons. The SMILES string of the molecule is COCC(=O)NCC(C)(O)c1cccs1. The van der Waals surface area contributed by atoms with Crippen LogP contribution in [0.2, 0.25) is 0 Å². The topological polar surface area (TPSA) is 58.6 Å². The summed E-state index contributed by atoms with van der Waals surface area (Å²) in [6, 6.07) is 3.71. The molecule has 1 rings (SSSR count). The summed E-state index contributed by atoms with van der Waals surface area (Å²) in [4.78, 5) is 11.9. The van der Waals surface area contributed by atoms with E-state index in [2.05, 4.69) is 10.1 Å². The third-order valence-corrected chi connectivity index (χ3v) is 3.08. The lowest BCUT2D eigenvalue weighted by atomic mass is 10.1. The van der Waals surface area contributed by atoms with Gasteiger partial charge in [-0.25, -0.2) is 0 Å². The van der Waals surface area contributed by atoms with E-state index in [0.29, 0.717) is 0 Å². The monoisotopic (exact) mass is 229 g/mol. The summed E-state index contributed by atoms with van der Waals surface area (Å²) in [7, 11) is 1.46. The maximum Gasteiger partial charge on any atom is 0.246 e. The summed E-state index contributed by atoms with van der Waals surface area (Å²) in [5.41, 5.74) is -1.02. The highest BCUT2D eigenvalue weighted by Gasteiger charge is 2.24. The minimum absolute atomic E-state index is 0.0144. The molecule has 0 saturated heterocycles. The number of amides is 1. The Kier molecular flexibility index (Phi) is 4.26. The third kappa shape index (κ3) is 3.62. The highest BCUT2D eigenvalue weighted by Crippen LogP contribution is 2.24. The maximum absolute atomic E-state index is 11.1. The van der Waals surface area contributed by atoms with Crippen molar-refractivity contribution < 1.29 is 14.6 Å². The summed E-state index contributed by atoms with van der Waals surface area (Å²) in [6.45, 7) is 1.88. The van der Waals surface area contributed by atoms with Crippen LogP contribution < -0.4 is 5.32 Å². The number of aliphatic hydroxyl groups is 1. The van der Waals surface area contributed by atoms with Gasteiger partial charge in [0.25, 0.3) is 0 Å². The summed E-state index contributed by atoms with van der Waals surface area (Å²) in [5, 5.41) is 14.5. The molecule has 1 unspecified atom stereocenters. The van der Waals surface area contributed by atoms with Crippen molar-refractivity contribution in [3.8, 4) is 0 Å². The fraction of sp³-hybridized carbons (Fsp3) is 0.500. The molecule has 1 aromatic rings. The van der Waals surface area contributed by atoms with Crippen molar-refractivity contribution in [3.05, 3.63) is 22.4 Å². The smallest absolute Gasteiger partial charge is 0.246 e. The lowest BCUT2D eigenvalue weighted by Gasteiger charge is -2.22. The molecule has 15 heavy (non-hydrogen) atoms. The van der Waals surface area contributed by atoms with E-state index in [4.69, 9.17) is 0 Å². The number of thiophene rings is 1. The first kappa shape index (κ1) is 12.2. The van der Waals surface area contributed by atoms with E-state index in [1.807, 2.05) is 17.5 Å². The van der Waals surface area contributed by atoms with Crippen molar-refractivity contribution in [2.75, 3.05) is 20.3 Å². The van der Waals surface area contributed by atoms with Crippen LogP contribution in [0.3, 0.4) is 0 Å². The summed E-state index contributed by atoms with van der Waals surface area (Å²) in [6.07, 6.45) is 0. The quantitative estimate of drug-likeness (QED) is 0.782. The molecule has 0 aliphatic rings. The minimum Gasteiger partial charge on any atom is -0.383 e. The molecule has 0 saturated carbocycles. The number of rotatable bonds is 5. The average molecular weight is 229 g/mol. The number of hydrogen-bond acceptors (Lipinski definition) is 4. The fourth-order valence-corrected chi connectivity index (χ4v) is 1.91. The zero-order chi connectivity index (χ0) is 11.3. The molecule has 1 atom stereocenters. The predicted octanol–water partition coefficient (Wildman–Crippen LogP) is 0.718. The first-order chi connectivity index (χ1) is 7.06. The van der Waals surface area contributed by atoms with Crippen molar-refractivity contribution >= 4 is 17.2 Å². The Morgan fingerprint density at radius 1 is 1.73 bits per heavy atom. The van der Waals surface area contributed by atoms with Gasteiger partial charge < -0.3 is 15.2 Å². The molecule has 1 aromatic heterocycles. The number of ether oxygens (including phenoxy) is 1. The molecule has 4 nitrogen and oxygen atoms in total. The van der Waals surface area contributed by atoms with Crippen LogP contribution in [0, 0.1) is 0 Å². The Morgan fingerprint density at radius 2 is 2.47 bits per heavy atom. The number of nitrogens with one attached hydrogen (secondary N) is 1. The van der Waals surface area contributed by atoms with E-state index >= 15 is 0 Å². The Bertz CT molecular complexity index is 308. The Labute approximate surface area is 92.9 Å². The van der Waals surface area contributed by atoms with E-state index in [-0.39, 0.29) is 19.1 Å². The molecule has 0 fully saturated rings. The van der Waals surface area contributed by atoms with Crippen molar-refractivity contribution in [1.82, 2.24) is 5.32 Å². The van der Waals surface area contributed by atoms with Crippen LogP contribution in [0.1, 0.15) is 11.8 Å². The van der Waals surface area contributed by atoms with Crippen LogP contribution in [0.15, 0.2) is 17.5 Å². The van der Waals surface area contributed by atoms with Crippen molar-refractivity contribution in [2.45, 2.75) is 12.5 Å². The van der Waals surface area contributed by atoms with Gasteiger partial charge in [0.2, 0.25) is 5.91 Å². The summed E-state index contributed by atoms with van der Waals surface area (Å²) >= 11 is 1.46. The second kappa shape index (κ2) is 5.25. The number of carbonyl (C=O) groups excluding carboxylic acids is 1. The van der Waals surface area contributed by atoms with Crippen LogP contribution in [0.25, 0.3) is 0 Å². The van der Waals surface area contributed by atoms with Crippen LogP contribution in [-0.4, -0.2) is 31.3 Å². The zero-order valence-electron chi connectivity index (χ0n) is 8.82. The number of methoxy groups -OCH3 is 1. The zero-order valence-corrected chi connectivity index (χ0v) is 9.63. The molecule has 0 aliphatic heterocycles. The van der Waals surface area contributed by atoms with Crippen molar-refractivity contribution in [1.29, 1.82) is 0 Å². The predicted molar refractivity (Wildman–Crippen MR) is 58.8 cm³/mol. The van der Waals surface area contributed by atoms with E-state index < -0.39 is 5.60 Å². The fourth-order valence-electron chi connectivity index (χ4n) is 1.12. The Hall–Kier alpha value is -0.910. The van der Waals surface area contributed by atoms with Crippen LogP contribution in [0.4, 0.5) is 0 Å². The molecule has 0 aromatic carbocycles. The molecule has 0 aliphatic carbocycles. The van der Waals surface area contributed by atoms with Gasteiger partial charge in [0.05, 0.1) is 6.54 Å². The van der Waals surface area contributed by atoms with E-state index in [0.717, 1.165) is 4.88 Å². The van der Waals surface area contributed by atoms with Crippen molar-refractivity contribution in [2.24, 2.45) is 0 Å². The highest BCUT2D eigenvalue weighted by molar-refractivity contribution is 7.10. The minimum atomic E-state index is -1.02. The van der Waals surface area contributed by atoms with Gasteiger partial charge in [0, 0.05) is 12.0 Å². The van der Waals surface area contributed by atoms with E-state index in [1.165, 1.54) is 18.4 Å². The van der Waals surface area contributed by atoms with Crippen LogP contribution in [-0.2, 0) is 15.1 Å². The largest absolute Gasteiger partial charge is 0.383 e. The molecule has 0 radical (unpaired) electrons. The molecule has 2 N–H and O–H groups in total. The van der Waals surface area contributed by atoms with Gasteiger partial charge in [-0.05, 0) is 18.4 Å². The lowest BCUT2D eigenvalue weighted by Crippen LogP contribution is -2.39. The van der Waals surface area contributed by atoms with Gasteiger partial charge in [0.1, 0.15) is 12.2 Å². The van der Waals surface area contributed by atoms with Crippen molar-refractivity contribution in [3.63, 3.8) is 0 Å². The normalized spacial score (nSPS) is 14.6. The molecule has 1 heterocycles. The van der Waals surface area contributed by atoms with E-state index in [9.17, 15) is 9.90 Å². The van der Waals surface area contributed by atoms with E-state index in [1.54, 1.807) is 6.92 Å². The van der Waals surface area contributed by atoms with Gasteiger partial charge in [-0.2, -0.15) is 0 Å². The molecule has 0 bridgehead atoms. The summed E-state index contributed by atoms with van der Waals surface area (Å²) in [5.74, 6) is -0.227. The molecule has 1 amide bonds. The second-order valence-electron chi connectivity index (χ2n) is 3.46. The lowest BCUT2D eigenvalue weighted by molar-refractivity contribution is -0.125. The second-order valence-corrected chi connectivity index (χ2v) is 4.41. The van der Waals surface area contributed by atoms with Gasteiger partial charge in [-0.3, -0.25) is 4.79 Å². The van der Waals surface area contributed by atoms with Crippen LogP contribution in [0.5, 0.6) is 0 Å². The maximum atomic E-state index is 11.1. The van der Waals surface area contributed by atoms with Gasteiger partial charge >= 0.3 is 0 Å². The first-order valence-electron chi connectivity index (χ1n) is 4.58. The average Bonchev–Trinajstić information content (AvgIpc) is 2.69. The van der Waals surface area contributed by atoms with Crippen LogP contribution >= 0.6 is 11.3 Å². The van der Waals surface area contributed by atoms with Gasteiger partial charge in [0.15, 0.2) is 0 Å². The Morgan fingerprint density at radius 3 is 3.00 bits per heavy atom. The van der Waals surface area contributed by atoms with Gasteiger partial charge in [-0.1, -0.05) is 6.07 Å². The molecule has 0 spiro atoms. The molecular weight excluding hydrogens is 214 g/mol. The summed E-state index contributed by atoms with van der Waals surface area (Å²) < 4.78 is 4.67. The molecular formula is C10H15NO3S. The van der Waals surface area contributed by atoms with Gasteiger partial charge in [-0.15, -0.1) is 11.3 Å². The third-order valence-electron chi connectivity index (χ3n) is 1.96. The number of carbonyl (C=O) groups is 1. The first-order valence-corrected chi connectivity index (χ1v) is 5.46. The number of hydrogen-bond donors (Lipinski definition) is 2. The standard InChI is InChI=1S/C10H15NO3S/c1-10(13,8-4-3-5-15-8)7-11-9(12)6-14-2/h3-5,13H,6-7H2,1-2H3,(H,11,12). The Balaban J connectivity index is 2.47.